The molecule has 2 aliphatic rings. The Hall–Kier alpha value is -1.07. The first-order valence-electron chi connectivity index (χ1n) is 7.89. The third-order valence-corrected chi connectivity index (χ3v) is 6.22. The highest BCUT2D eigenvalue weighted by molar-refractivity contribution is 8.26. The van der Waals surface area contributed by atoms with Crippen molar-refractivity contribution < 1.29 is 4.79 Å². The summed E-state index contributed by atoms with van der Waals surface area (Å²) in [7, 11) is 1.74. The molecule has 0 N–H and O–H groups in total. The first kappa shape index (κ1) is 15.8. The molecule has 1 aliphatic carbocycles. The number of hydrogen-bond acceptors (Lipinski definition) is 3. The van der Waals surface area contributed by atoms with Crippen LogP contribution in [0.4, 0.5) is 0 Å². The lowest BCUT2D eigenvalue weighted by Gasteiger charge is -2.26. The minimum atomic E-state index is 0.0115. The molecule has 22 heavy (non-hydrogen) atoms. The van der Waals surface area contributed by atoms with Gasteiger partial charge < -0.3 is 4.57 Å². The predicted octanol–water partition coefficient (Wildman–Crippen LogP) is 4.44. The Labute approximate surface area is 141 Å². The lowest BCUT2D eigenvalue weighted by Crippen LogP contribution is -2.22. The van der Waals surface area contributed by atoms with E-state index >= 15 is 0 Å². The molecule has 0 bridgehead atoms. The van der Waals surface area contributed by atoms with Gasteiger partial charge in [0.25, 0.3) is 5.91 Å². The molecule has 5 heteroatoms. The number of amides is 1. The molecule has 0 atom stereocenters. The maximum absolute atomic E-state index is 12.2. The fraction of sp³-hybridized carbons (Fsp3) is 0.529. The summed E-state index contributed by atoms with van der Waals surface area (Å²) in [6, 6.07) is 2.82. The van der Waals surface area contributed by atoms with Crippen molar-refractivity contribution in [3.8, 4) is 0 Å². The SMILES string of the molecule is Cc1cc(/C=C2/SC(=S)N(C)C2=O)c(C)n1C1CCCCC1. The second-order valence-corrected chi connectivity index (χ2v) is 7.90. The average Bonchev–Trinajstić information content (AvgIpc) is 2.92. The highest BCUT2D eigenvalue weighted by Crippen LogP contribution is 2.35. The molecule has 1 amide bonds. The van der Waals surface area contributed by atoms with Crippen molar-refractivity contribution in [1.82, 2.24) is 9.47 Å². The zero-order chi connectivity index (χ0) is 15.9. The highest BCUT2D eigenvalue weighted by Gasteiger charge is 2.29. The fourth-order valence-electron chi connectivity index (χ4n) is 3.54. The molecule has 1 aliphatic heterocycles. The van der Waals surface area contributed by atoms with E-state index in [1.54, 1.807) is 11.9 Å². The van der Waals surface area contributed by atoms with Gasteiger partial charge in [-0.2, -0.15) is 0 Å². The monoisotopic (exact) mass is 334 g/mol. The summed E-state index contributed by atoms with van der Waals surface area (Å²) in [5, 5.41) is 0. The van der Waals surface area contributed by atoms with Crippen LogP contribution in [0.3, 0.4) is 0 Å². The van der Waals surface area contributed by atoms with Gasteiger partial charge in [-0.05, 0) is 44.4 Å². The molecule has 0 radical (unpaired) electrons. The molecule has 0 spiro atoms. The molecule has 118 valence electrons. The van der Waals surface area contributed by atoms with Crippen LogP contribution in [0.25, 0.3) is 6.08 Å². The first-order chi connectivity index (χ1) is 10.5. The molecule has 2 fully saturated rings. The largest absolute Gasteiger partial charge is 0.346 e. The number of thiocarbonyl (C=S) groups is 1. The van der Waals surface area contributed by atoms with Crippen LogP contribution < -0.4 is 0 Å². The minimum absolute atomic E-state index is 0.0115. The average molecular weight is 335 g/mol. The van der Waals surface area contributed by atoms with Crippen LogP contribution in [0.15, 0.2) is 11.0 Å². The van der Waals surface area contributed by atoms with E-state index in [1.165, 1.54) is 55.3 Å². The van der Waals surface area contributed by atoms with Gasteiger partial charge in [0.1, 0.15) is 4.32 Å². The number of hydrogen-bond donors (Lipinski definition) is 0. The molecule has 1 aromatic rings. The molecule has 1 saturated heterocycles. The van der Waals surface area contributed by atoms with Crippen LogP contribution in [-0.2, 0) is 4.79 Å². The van der Waals surface area contributed by atoms with Crippen molar-refractivity contribution in [2.75, 3.05) is 7.05 Å². The second kappa shape index (κ2) is 6.20. The molecule has 1 saturated carbocycles. The van der Waals surface area contributed by atoms with Gasteiger partial charge in [0.05, 0.1) is 4.91 Å². The zero-order valence-corrected chi connectivity index (χ0v) is 15.0. The van der Waals surface area contributed by atoms with E-state index in [1.807, 2.05) is 6.08 Å². The number of likely N-dealkylation sites (N-methyl/N-ethyl adjacent to an activating group) is 1. The molecular weight excluding hydrogens is 312 g/mol. The standard InChI is InChI=1S/C17H22N2OS2/c1-11-9-13(10-15-16(20)18(3)17(21)22-15)12(2)19(11)14-7-5-4-6-8-14/h9-10,14H,4-8H2,1-3H3/b15-10+. The molecule has 0 unspecified atom stereocenters. The molecule has 2 heterocycles. The number of aromatic nitrogens is 1. The zero-order valence-electron chi connectivity index (χ0n) is 13.4. The van der Waals surface area contributed by atoms with Crippen LogP contribution in [0.2, 0.25) is 0 Å². The van der Waals surface area contributed by atoms with E-state index in [0.29, 0.717) is 10.4 Å². The van der Waals surface area contributed by atoms with Crippen LogP contribution in [0.5, 0.6) is 0 Å². The smallest absolute Gasteiger partial charge is 0.265 e. The highest BCUT2D eigenvalue weighted by atomic mass is 32.2. The quantitative estimate of drug-likeness (QED) is 0.590. The predicted molar refractivity (Wildman–Crippen MR) is 97.0 cm³/mol. The van der Waals surface area contributed by atoms with Crippen molar-refractivity contribution in [2.45, 2.75) is 52.0 Å². The Kier molecular flexibility index (Phi) is 4.46. The van der Waals surface area contributed by atoms with Gasteiger partial charge >= 0.3 is 0 Å². The third-order valence-electron chi connectivity index (χ3n) is 4.74. The normalized spacial score (nSPS) is 22.1. The van der Waals surface area contributed by atoms with Gasteiger partial charge in [0, 0.05) is 24.5 Å². The van der Waals surface area contributed by atoms with Crippen molar-refractivity contribution in [3.05, 3.63) is 27.9 Å². The molecular formula is C17H22N2OS2. The fourth-order valence-corrected chi connectivity index (χ4v) is 4.71. The van der Waals surface area contributed by atoms with E-state index in [-0.39, 0.29) is 5.91 Å². The van der Waals surface area contributed by atoms with Crippen LogP contribution in [0.1, 0.15) is 55.1 Å². The van der Waals surface area contributed by atoms with E-state index in [9.17, 15) is 4.79 Å². The van der Waals surface area contributed by atoms with E-state index < -0.39 is 0 Å². The Bertz CT molecular complexity index is 654. The number of carbonyl (C=O) groups excluding carboxylic acids is 1. The van der Waals surface area contributed by atoms with E-state index in [0.717, 1.165) is 10.5 Å². The molecule has 1 aromatic heterocycles. The summed E-state index contributed by atoms with van der Waals surface area (Å²) in [5.41, 5.74) is 3.71. The van der Waals surface area contributed by atoms with Crippen molar-refractivity contribution in [2.24, 2.45) is 0 Å². The van der Waals surface area contributed by atoms with Crippen molar-refractivity contribution >= 4 is 40.3 Å². The number of carbonyl (C=O) groups is 1. The first-order valence-corrected chi connectivity index (χ1v) is 9.11. The van der Waals surface area contributed by atoms with Crippen molar-refractivity contribution in [1.29, 1.82) is 0 Å². The summed E-state index contributed by atoms with van der Waals surface area (Å²) >= 11 is 6.60. The summed E-state index contributed by atoms with van der Waals surface area (Å²) in [6.07, 6.45) is 8.56. The van der Waals surface area contributed by atoms with E-state index in [2.05, 4.69) is 24.5 Å². The molecule has 3 nitrogen and oxygen atoms in total. The van der Waals surface area contributed by atoms with Gasteiger partial charge in [-0.3, -0.25) is 9.69 Å². The maximum Gasteiger partial charge on any atom is 0.265 e. The third kappa shape index (κ3) is 2.76. The summed E-state index contributed by atoms with van der Waals surface area (Å²) in [4.78, 5) is 14.4. The van der Waals surface area contributed by atoms with Gasteiger partial charge in [0.2, 0.25) is 0 Å². The number of nitrogens with zero attached hydrogens (tertiary/aromatic N) is 2. The second-order valence-electron chi connectivity index (χ2n) is 6.23. The van der Waals surface area contributed by atoms with Crippen molar-refractivity contribution in [3.63, 3.8) is 0 Å². The summed E-state index contributed by atoms with van der Waals surface area (Å²) in [6.45, 7) is 4.34. The van der Waals surface area contributed by atoms with Crippen LogP contribution in [-0.4, -0.2) is 26.7 Å². The Morgan fingerprint density at radius 2 is 1.95 bits per heavy atom. The minimum Gasteiger partial charge on any atom is -0.346 e. The Balaban J connectivity index is 1.93. The van der Waals surface area contributed by atoms with E-state index in [4.69, 9.17) is 12.2 Å². The lowest BCUT2D eigenvalue weighted by molar-refractivity contribution is -0.121. The summed E-state index contributed by atoms with van der Waals surface area (Å²) < 4.78 is 3.11. The topological polar surface area (TPSA) is 25.2 Å². The van der Waals surface area contributed by atoms with Crippen LogP contribution >= 0.6 is 24.0 Å². The van der Waals surface area contributed by atoms with Crippen LogP contribution in [0, 0.1) is 13.8 Å². The number of rotatable bonds is 2. The van der Waals surface area contributed by atoms with Gasteiger partial charge in [-0.25, -0.2) is 0 Å². The number of thioether (sulfide) groups is 1. The number of aryl methyl sites for hydroxylation is 1. The maximum atomic E-state index is 12.2. The Morgan fingerprint density at radius 1 is 1.27 bits per heavy atom. The Morgan fingerprint density at radius 3 is 2.55 bits per heavy atom. The van der Waals surface area contributed by atoms with Gasteiger partial charge in [-0.15, -0.1) is 0 Å². The van der Waals surface area contributed by atoms with Gasteiger partial charge in [-0.1, -0.05) is 43.2 Å². The molecule has 3 rings (SSSR count). The van der Waals surface area contributed by atoms with Gasteiger partial charge in [0.15, 0.2) is 0 Å². The lowest BCUT2D eigenvalue weighted by atomic mass is 9.95. The molecule has 0 aromatic carbocycles. The summed E-state index contributed by atoms with van der Waals surface area (Å²) in [5.74, 6) is 0.0115.